The van der Waals surface area contributed by atoms with Gasteiger partial charge in [-0.1, -0.05) is 25.0 Å². The third-order valence-electron chi connectivity index (χ3n) is 4.85. The molecule has 0 bridgehead atoms. The summed E-state index contributed by atoms with van der Waals surface area (Å²) in [6, 6.07) is 11.5. The van der Waals surface area contributed by atoms with E-state index < -0.39 is 0 Å². The maximum atomic E-state index is 12.3. The number of anilines is 1. The van der Waals surface area contributed by atoms with Crippen LogP contribution in [-0.2, 0) is 0 Å². The topological polar surface area (TPSA) is 85.3 Å². The first-order valence-corrected chi connectivity index (χ1v) is 8.69. The van der Waals surface area contributed by atoms with Gasteiger partial charge in [-0.25, -0.2) is 4.52 Å². The maximum absolute atomic E-state index is 12.3. The van der Waals surface area contributed by atoms with E-state index in [0.29, 0.717) is 17.1 Å². The number of fused-ring (bicyclic) bond motifs is 1. The van der Waals surface area contributed by atoms with Gasteiger partial charge in [-0.05, 0) is 48.6 Å². The number of rotatable bonds is 4. The highest BCUT2D eigenvalue weighted by Gasteiger charge is 2.16. The van der Waals surface area contributed by atoms with Gasteiger partial charge in [0.2, 0.25) is 5.95 Å². The second kappa shape index (κ2) is 6.55. The summed E-state index contributed by atoms with van der Waals surface area (Å²) in [6.07, 6.45) is 6.92. The van der Waals surface area contributed by atoms with Crippen LogP contribution in [0.2, 0.25) is 0 Å². The molecular weight excluding hydrogens is 314 g/mol. The molecule has 0 unspecified atom stereocenters. The predicted octanol–water partition coefficient (Wildman–Crippen LogP) is 2.90. The molecule has 1 aromatic carbocycles. The van der Waals surface area contributed by atoms with Crippen molar-refractivity contribution in [2.45, 2.75) is 25.7 Å². The van der Waals surface area contributed by atoms with Crippen LogP contribution in [0.1, 0.15) is 36.0 Å². The van der Waals surface area contributed by atoms with Crippen molar-refractivity contribution in [3.05, 3.63) is 48.2 Å². The van der Waals surface area contributed by atoms with Gasteiger partial charge >= 0.3 is 0 Å². The number of hydrogen-bond acceptors (Lipinski definition) is 4. The number of hydrogen-bond donors (Lipinski definition) is 2. The van der Waals surface area contributed by atoms with Crippen LogP contribution in [0.3, 0.4) is 0 Å². The molecule has 1 aliphatic rings. The Morgan fingerprint density at radius 3 is 2.60 bits per heavy atom. The lowest BCUT2D eigenvalue weighted by atomic mass is 10.0. The van der Waals surface area contributed by atoms with E-state index in [4.69, 9.17) is 5.73 Å². The van der Waals surface area contributed by atoms with Crippen molar-refractivity contribution in [1.29, 1.82) is 0 Å². The van der Waals surface area contributed by atoms with Crippen LogP contribution >= 0.6 is 0 Å². The SMILES string of the molecule is Nc1nc2ccc(-c3ccc(C(=O)NCC4CCCC4)cc3)cn2n1. The number of nitrogens with zero attached hydrogens (tertiary/aromatic N) is 3. The number of nitrogen functional groups attached to an aromatic ring is 1. The van der Waals surface area contributed by atoms with Crippen molar-refractivity contribution in [3.8, 4) is 11.1 Å². The van der Waals surface area contributed by atoms with Crippen molar-refractivity contribution in [3.63, 3.8) is 0 Å². The molecule has 2 aromatic heterocycles. The van der Waals surface area contributed by atoms with Gasteiger partial charge in [-0.3, -0.25) is 4.79 Å². The molecule has 1 amide bonds. The van der Waals surface area contributed by atoms with Crippen molar-refractivity contribution >= 4 is 17.5 Å². The Morgan fingerprint density at radius 1 is 1.12 bits per heavy atom. The van der Waals surface area contributed by atoms with Crippen molar-refractivity contribution in [1.82, 2.24) is 19.9 Å². The Bertz CT molecular complexity index is 894. The van der Waals surface area contributed by atoms with E-state index in [1.54, 1.807) is 4.52 Å². The summed E-state index contributed by atoms with van der Waals surface area (Å²) < 4.78 is 1.66. The minimum absolute atomic E-state index is 0.00190. The molecule has 3 N–H and O–H groups in total. The van der Waals surface area contributed by atoms with Gasteiger partial charge in [0, 0.05) is 23.9 Å². The van der Waals surface area contributed by atoms with Crippen LogP contribution in [0.4, 0.5) is 5.95 Å². The first-order valence-electron chi connectivity index (χ1n) is 8.69. The molecule has 0 atom stereocenters. The third-order valence-corrected chi connectivity index (χ3v) is 4.85. The number of amides is 1. The number of benzene rings is 1. The van der Waals surface area contributed by atoms with Crippen LogP contribution < -0.4 is 11.1 Å². The summed E-state index contributed by atoms with van der Waals surface area (Å²) in [4.78, 5) is 16.4. The summed E-state index contributed by atoms with van der Waals surface area (Å²) in [6.45, 7) is 0.783. The first kappa shape index (κ1) is 15.6. The molecule has 0 aliphatic heterocycles. The molecule has 3 aromatic rings. The lowest BCUT2D eigenvalue weighted by molar-refractivity contribution is 0.0947. The highest BCUT2D eigenvalue weighted by atomic mass is 16.1. The summed E-state index contributed by atoms with van der Waals surface area (Å²) >= 11 is 0. The minimum Gasteiger partial charge on any atom is -0.366 e. The number of carbonyl (C=O) groups excluding carboxylic acids is 1. The standard InChI is InChI=1S/C19H21N5O/c20-19-22-17-10-9-16(12-24(17)23-19)14-5-7-15(8-6-14)18(25)21-11-13-3-1-2-4-13/h5-10,12-13H,1-4,11H2,(H2,20,23)(H,21,25). The maximum Gasteiger partial charge on any atom is 0.251 e. The number of aromatic nitrogens is 3. The third kappa shape index (κ3) is 3.33. The quantitative estimate of drug-likeness (QED) is 0.768. The number of pyridine rings is 1. The van der Waals surface area contributed by atoms with Crippen LogP contribution in [0.15, 0.2) is 42.6 Å². The summed E-state index contributed by atoms with van der Waals surface area (Å²) in [5.74, 6) is 0.898. The van der Waals surface area contributed by atoms with Gasteiger partial charge in [0.25, 0.3) is 5.91 Å². The van der Waals surface area contributed by atoms with E-state index in [-0.39, 0.29) is 11.9 Å². The van der Waals surface area contributed by atoms with Crippen LogP contribution in [0.5, 0.6) is 0 Å². The average Bonchev–Trinajstić information content (AvgIpc) is 3.27. The molecule has 0 saturated heterocycles. The molecule has 6 heteroatoms. The van der Waals surface area contributed by atoms with Crippen LogP contribution in [0.25, 0.3) is 16.8 Å². The summed E-state index contributed by atoms with van der Waals surface area (Å²) in [5.41, 5.74) is 9.03. The molecule has 1 saturated carbocycles. The second-order valence-electron chi connectivity index (χ2n) is 6.63. The zero-order chi connectivity index (χ0) is 17.2. The largest absolute Gasteiger partial charge is 0.366 e. The monoisotopic (exact) mass is 335 g/mol. The van der Waals surface area contributed by atoms with Crippen molar-refractivity contribution in [2.24, 2.45) is 5.92 Å². The molecular formula is C19H21N5O. The smallest absolute Gasteiger partial charge is 0.251 e. The number of carbonyl (C=O) groups is 1. The minimum atomic E-state index is -0.00190. The molecule has 128 valence electrons. The fourth-order valence-electron chi connectivity index (χ4n) is 3.44. The zero-order valence-corrected chi connectivity index (χ0v) is 14.0. The van der Waals surface area contributed by atoms with Gasteiger partial charge in [-0.15, -0.1) is 5.10 Å². The Morgan fingerprint density at radius 2 is 1.84 bits per heavy atom. The molecule has 4 rings (SSSR count). The van der Waals surface area contributed by atoms with Gasteiger partial charge in [0.15, 0.2) is 5.65 Å². The Hall–Kier alpha value is -2.89. The number of nitrogens with two attached hydrogens (primary N) is 1. The molecule has 0 radical (unpaired) electrons. The highest BCUT2D eigenvalue weighted by Crippen LogP contribution is 2.24. The van der Waals surface area contributed by atoms with Crippen molar-refractivity contribution in [2.75, 3.05) is 12.3 Å². The fraction of sp³-hybridized carbons (Fsp3) is 0.316. The summed E-state index contributed by atoms with van der Waals surface area (Å²) in [5, 5.41) is 7.18. The van der Waals surface area contributed by atoms with E-state index >= 15 is 0 Å². The lowest BCUT2D eigenvalue weighted by Crippen LogP contribution is -2.28. The molecule has 6 nitrogen and oxygen atoms in total. The molecule has 25 heavy (non-hydrogen) atoms. The second-order valence-corrected chi connectivity index (χ2v) is 6.63. The van der Waals surface area contributed by atoms with Crippen molar-refractivity contribution < 1.29 is 4.79 Å². The normalized spacial score (nSPS) is 14.9. The van der Waals surface area contributed by atoms with E-state index in [9.17, 15) is 4.79 Å². The van der Waals surface area contributed by atoms with E-state index in [1.165, 1.54) is 25.7 Å². The van der Waals surface area contributed by atoms with Gasteiger partial charge in [0.05, 0.1) is 0 Å². The van der Waals surface area contributed by atoms with Gasteiger partial charge in [0.1, 0.15) is 0 Å². The Labute approximate surface area is 146 Å². The van der Waals surface area contributed by atoms with Gasteiger partial charge < -0.3 is 11.1 Å². The van der Waals surface area contributed by atoms with E-state index in [1.807, 2.05) is 42.6 Å². The first-order chi connectivity index (χ1) is 12.2. The van der Waals surface area contributed by atoms with Gasteiger partial charge in [-0.2, -0.15) is 4.98 Å². The van der Waals surface area contributed by atoms with E-state index in [2.05, 4.69) is 15.4 Å². The van der Waals surface area contributed by atoms with Crippen LogP contribution in [-0.4, -0.2) is 27.0 Å². The zero-order valence-electron chi connectivity index (χ0n) is 14.0. The number of nitrogens with one attached hydrogen (secondary N) is 1. The fourth-order valence-corrected chi connectivity index (χ4v) is 3.44. The molecule has 1 aliphatic carbocycles. The molecule has 0 spiro atoms. The van der Waals surface area contributed by atoms with E-state index in [0.717, 1.165) is 17.7 Å². The highest BCUT2D eigenvalue weighted by molar-refractivity contribution is 5.94. The Balaban J connectivity index is 1.47. The average molecular weight is 335 g/mol. The summed E-state index contributed by atoms with van der Waals surface area (Å²) in [7, 11) is 0. The predicted molar refractivity (Wildman–Crippen MR) is 97.1 cm³/mol. The molecule has 2 heterocycles. The Kier molecular flexibility index (Phi) is 4.09. The lowest BCUT2D eigenvalue weighted by Gasteiger charge is -2.11. The van der Waals surface area contributed by atoms with Crippen LogP contribution in [0, 0.1) is 5.92 Å². The molecule has 1 fully saturated rings.